The molecule has 0 bridgehead atoms. The molecular formula is C9H14O2. The van der Waals surface area contributed by atoms with E-state index in [1.165, 1.54) is 6.08 Å². The maximum Gasteiger partial charge on any atom is 0.330 e. The fraction of sp³-hybridized carbons (Fsp3) is 0.444. The predicted octanol–water partition coefficient (Wildman–Crippen LogP) is 2.07. The van der Waals surface area contributed by atoms with Gasteiger partial charge in [-0.2, -0.15) is 0 Å². The summed E-state index contributed by atoms with van der Waals surface area (Å²) < 4.78 is 4.68. The quantitative estimate of drug-likeness (QED) is 0.353. The van der Waals surface area contributed by atoms with Crippen LogP contribution in [-0.2, 0) is 9.53 Å². The van der Waals surface area contributed by atoms with Crippen LogP contribution < -0.4 is 0 Å². The number of carbonyl (C=O) groups is 1. The highest BCUT2D eigenvalue weighted by Crippen LogP contribution is 1.93. The van der Waals surface area contributed by atoms with Crippen molar-refractivity contribution >= 4 is 5.97 Å². The summed E-state index contributed by atoms with van der Waals surface area (Å²) in [5.74, 6) is -0.284. The van der Waals surface area contributed by atoms with Gasteiger partial charge in [0.2, 0.25) is 0 Å². The highest BCUT2D eigenvalue weighted by Gasteiger charge is 1.91. The standard InChI is InChI=1S/C9H14O2/c1-4-8(3)6-7-9(10)11-5-2/h4,6-7H,5H2,1-3H3/b7-6+,8-4-. The zero-order valence-corrected chi connectivity index (χ0v) is 7.26. The molecule has 0 aromatic rings. The van der Waals surface area contributed by atoms with Crippen LogP contribution in [0, 0.1) is 0 Å². The lowest BCUT2D eigenvalue weighted by atomic mass is 10.3. The van der Waals surface area contributed by atoms with E-state index in [4.69, 9.17) is 0 Å². The van der Waals surface area contributed by atoms with Crippen LogP contribution in [0.1, 0.15) is 20.8 Å². The van der Waals surface area contributed by atoms with Gasteiger partial charge in [0.15, 0.2) is 0 Å². The molecule has 0 amide bonds. The largest absolute Gasteiger partial charge is 0.463 e. The van der Waals surface area contributed by atoms with Gasteiger partial charge >= 0.3 is 5.97 Å². The highest BCUT2D eigenvalue weighted by molar-refractivity contribution is 5.82. The topological polar surface area (TPSA) is 26.3 Å². The van der Waals surface area contributed by atoms with Crippen molar-refractivity contribution in [3.8, 4) is 0 Å². The van der Waals surface area contributed by atoms with E-state index < -0.39 is 0 Å². The lowest BCUT2D eigenvalue weighted by Crippen LogP contribution is -1.98. The Balaban J connectivity index is 3.83. The monoisotopic (exact) mass is 154 g/mol. The Hall–Kier alpha value is -1.05. The number of esters is 1. The maximum absolute atomic E-state index is 10.7. The first-order valence-electron chi connectivity index (χ1n) is 3.68. The first kappa shape index (κ1) is 9.95. The molecule has 11 heavy (non-hydrogen) atoms. The van der Waals surface area contributed by atoms with E-state index in [2.05, 4.69) is 4.74 Å². The predicted molar refractivity (Wildman–Crippen MR) is 45.2 cm³/mol. The van der Waals surface area contributed by atoms with Crippen LogP contribution in [0.4, 0.5) is 0 Å². The van der Waals surface area contributed by atoms with Crippen molar-refractivity contribution in [3.05, 3.63) is 23.8 Å². The smallest absolute Gasteiger partial charge is 0.330 e. The molecule has 0 aromatic heterocycles. The van der Waals surface area contributed by atoms with Gasteiger partial charge in [0.25, 0.3) is 0 Å². The second-order valence-corrected chi connectivity index (χ2v) is 2.12. The van der Waals surface area contributed by atoms with Gasteiger partial charge in [-0.1, -0.05) is 17.7 Å². The molecule has 0 spiro atoms. The van der Waals surface area contributed by atoms with Crippen molar-refractivity contribution in [2.75, 3.05) is 6.61 Å². The molecule has 0 radical (unpaired) electrons. The summed E-state index contributed by atoms with van der Waals surface area (Å²) in [6, 6.07) is 0. The molecule has 0 saturated heterocycles. The van der Waals surface area contributed by atoms with E-state index >= 15 is 0 Å². The lowest BCUT2D eigenvalue weighted by Gasteiger charge is -1.93. The van der Waals surface area contributed by atoms with Gasteiger partial charge < -0.3 is 4.74 Å². The van der Waals surface area contributed by atoms with Crippen LogP contribution in [0.2, 0.25) is 0 Å². The van der Waals surface area contributed by atoms with Crippen LogP contribution in [0.5, 0.6) is 0 Å². The van der Waals surface area contributed by atoms with E-state index in [1.54, 1.807) is 13.0 Å². The normalized spacial score (nSPS) is 12.1. The zero-order valence-electron chi connectivity index (χ0n) is 7.26. The zero-order chi connectivity index (χ0) is 8.69. The van der Waals surface area contributed by atoms with Crippen molar-refractivity contribution in [1.29, 1.82) is 0 Å². The summed E-state index contributed by atoms with van der Waals surface area (Å²) in [6.07, 6.45) is 5.09. The Morgan fingerprint density at radius 2 is 2.09 bits per heavy atom. The molecule has 0 aliphatic carbocycles. The van der Waals surface area contributed by atoms with Crippen LogP contribution >= 0.6 is 0 Å². The number of carbonyl (C=O) groups excluding carboxylic acids is 1. The molecule has 2 heteroatoms. The number of ether oxygens (including phenoxy) is 1. The molecule has 0 heterocycles. The molecular weight excluding hydrogens is 140 g/mol. The lowest BCUT2D eigenvalue weighted by molar-refractivity contribution is -0.137. The van der Waals surface area contributed by atoms with E-state index in [0.29, 0.717) is 6.61 Å². The third kappa shape index (κ3) is 5.40. The summed E-state index contributed by atoms with van der Waals surface area (Å²) in [5, 5.41) is 0. The number of rotatable bonds is 3. The van der Waals surface area contributed by atoms with E-state index in [0.717, 1.165) is 5.57 Å². The number of hydrogen-bond acceptors (Lipinski definition) is 2. The Kier molecular flexibility index (Phi) is 5.17. The highest BCUT2D eigenvalue weighted by atomic mass is 16.5. The SMILES string of the molecule is C/C=C(C)\C=C\C(=O)OCC. The number of hydrogen-bond donors (Lipinski definition) is 0. The maximum atomic E-state index is 10.7. The molecule has 62 valence electrons. The molecule has 0 rings (SSSR count). The third-order valence-electron chi connectivity index (χ3n) is 1.22. The Labute approximate surface area is 67.6 Å². The molecule has 0 aromatic carbocycles. The minimum absolute atomic E-state index is 0.284. The number of allylic oxidation sites excluding steroid dienone is 3. The van der Waals surface area contributed by atoms with Gasteiger partial charge in [-0.15, -0.1) is 0 Å². The Morgan fingerprint density at radius 3 is 2.55 bits per heavy atom. The van der Waals surface area contributed by atoms with Crippen LogP contribution in [0.15, 0.2) is 23.8 Å². The van der Waals surface area contributed by atoms with Crippen molar-refractivity contribution < 1.29 is 9.53 Å². The molecule has 0 fully saturated rings. The minimum Gasteiger partial charge on any atom is -0.463 e. The fourth-order valence-electron chi connectivity index (χ4n) is 0.486. The van der Waals surface area contributed by atoms with Gasteiger partial charge in [-0.25, -0.2) is 4.79 Å². The summed E-state index contributed by atoms with van der Waals surface area (Å²) in [4.78, 5) is 10.7. The van der Waals surface area contributed by atoms with E-state index in [-0.39, 0.29) is 5.97 Å². The molecule has 2 nitrogen and oxygen atoms in total. The Morgan fingerprint density at radius 1 is 1.45 bits per heavy atom. The first-order valence-corrected chi connectivity index (χ1v) is 3.68. The van der Waals surface area contributed by atoms with Crippen LogP contribution in [-0.4, -0.2) is 12.6 Å². The molecule has 0 atom stereocenters. The molecule has 0 aliphatic rings. The minimum atomic E-state index is -0.284. The van der Waals surface area contributed by atoms with Crippen LogP contribution in [0.3, 0.4) is 0 Å². The second-order valence-electron chi connectivity index (χ2n) is 2.12. The first-order chi connectivity index (χ1) is 5.20. The third-order valence-corrected chi connectivity index (χ3v) is 1.22. The molecule has 0 aliphatic heterocycles. The van der Waals surface area contributed by atoms with Gasteiger partial charge in [0.1, 0.15) is 0 Å². The summed E-state index contributed by atoms with van der Waals surface area (Å²) in [5.41, 5.74) is 1.05. The average molecular weight is 154 g/mol. The fourth-order valence-corrected chi connectivity index (χ4v) is 0.486. The van der Waals surface area contributed by atoms with Crippen molar-refractivity contribution in [2.45, 2.75) is 20.8 Å². The van der Waals surface area contributed by atoms with Gasteiger partial charge in [-0.3, -0.25) is 0 Å². The van der Waals surface area contributed by atoms with Crippen molar-refractivity contribution in [3.63, 3.8) is 0 Å². The van der Waals surface area contributed by atoms with Gasteiger partial charge in [0, 0.05) is 6.08 Å². The summed E-state index contributed by atoms with van der Waals surface area (Å²) in [7, 11) is 0. The van der Waals surface area contributed by atoms with Gasteiger partial charge in [0.05, 0.1) is 6.61 Å². The molecule has 0 saturated carbocycles. The summed E-state index contributed by atoms with van der Waals surface area (Å²) >= 11 is 0. The van der Waals surface area contributed by atoms with Crippen LogP contribution in [0.25, 0.3) is 0 Å². The summed E-state index contributed by atoms with van der Waals surface area (Å²) in [6.45, 7) is 6.06. The van der Waals surface area contributed by atoms with Crippen molar-refractivity contribution in [1.82, 2.24) is 0 Å². The average Bonchev–Trinajstić information content (AvgIpc) is 2.01. The van der Waals surface area contributed by atoms with Crippen molar-refractivity contribution in [2.24, 2.45) is 0 Å². The molecule has 0 unspecified atom stereocenters. The van der Waals surface area contributed by atoms with E-state index in [9.17, 15) is 4.79 Å². The van der Waals surface area contributed by atoms with E-state index in [1.807, 2.05) is 19.9 Å². The Bertz CT molecular complexity index is 178. The second kappa shape index (κ2) is 5.71. The molecule has 0 N–H and O–H groups in total. The van der Waals surface area contributed by atoms with Gasteiger partial charge in [-0.05, 0) is 20.8 Å².